The summed E-state index contributed by atoms with van der Waals surface area (Å²) < 4.78 is 0. The first-order valence-corrected chi connectivity index (χ1v) is 10.6. The minimum Gasteiger partial charge on any atom is -0.360 e. The molecule has 1 heterocycles. The van der Waals surface area contributed by atoms with Gasteiger partial charge in [0.2, 0.25) is 0 Å². The van der Waals surface area contributed by atoms with Gasteiger partial charge in [-0.1, -0.05) is 49.6 Å². The van der Waals surface area contributed by atoms with Gasteiger partial charge in [0, 0.05) is 22.3 Å². The highest BCUT2D eigenvalue weighted by atomic mass is 32.1. The van der Waals surface area contributed by atoms with Gasteiger partial charge in [0.25, 0.3) is 0 Å². The number of hydrogen-bond donors (Lipinski definition) is 1. The predicted molar refractivity (Wildman–Crippen MR) is 112 cm³/mol. The number of hydrogen-bond acceptors (Lipinski definition) is 2. The molecule has 4 heteroatoms. The van der Waals surface area contributed by atoms with E-state index < -0.39 is 0 Å². The second-order valence-electron chi connectivity index (χ2n) is 6.95. The molecule has 0 unspecified atom stereocenters. The molecule has 0 radical (unpaired) electrons. The van der Waals surface area contributed by atoms with Crippen LogP contribution in [0.25, 0.3) is 0 Å². The molecule has 134 valence electrons. The maximum absolute atomic E-state index is 5.80. The summed E-state index contributed by atoms with van der Waals surface area (Å²) in [6, 6.07) is 15.7. The van der Waals surface area contributed by atoms with Crippen LogP contribution in [-0.4, -0.2) is 22.6 Å². The third-order valence-electron chi connectivity index (χ3n) is 4.88. The smallest absolute Gasteiger partial charge is 0.169 e. The fourth-order valence-corrected chi connectivity index (χ4v) is 4.66. The van der Waals surface area contributed by atoms with Crippen molar-refractivity contribution in [2.45, 2.75) is 58.0 Å². The van der Waals surface area contributed by atoms with E-state index in [2.05, 4.69) is 59.6 Å². The van der Waals surface area contributed by atoms with Crippen molar-refractivity contribution in [2.24, 2.45) is 0 Å². The van der Waals surface area contributed by atoms with Crippen molar-refractivity contribution in [1.82, 2.24) is 10.2 Å². The third-order valence-corrected chi connectivity index (χ3v) is 6.24. The van der Waals surface area contributed by atoms with Crippen molar-refractivity contribution in [3.05, 3.63) is 57.8 Å². The van der Waals surface area contributed by atoms with Crippen LogP contribution < -0.4 is 5.32 Å². The van der Waals surface area contributed by atoms with Gasteiger partial charge in [0.05, 0.1) is 6.54 Å². The fraction of sp³-hybridized carbons (Fsp3) is 0.476. The zero-order valence-electron chi connectivity index (χ0n) is 15.0. The van der Waals surface area contributed by atoms with Gasteiger partial charge >= 0.3 is 0 Å². The number of thiophene rings is 1. The van der Waals surface area contributed by atoms with Gasteiger partial charge in [-0.25, -0.2) is 0 Å². The predicted octanol–water partition coefficient (Wildman–Crippen LogP) is 5.31. The maximum Gasteiger partial charge on any atom is 0.169 e. The molecule has 1 saturated carbocycles. The van der Waals surface area contributed by atoms with Crippen LogP contribution in [0, 0.1) is 6.92 Å². The monoisotopic (exact) mass is 372 g/mol. The van der Waals surface area contributed by atoms with E-state index >= 15 is 0 Å². The summed E-state index contributed by atoms with van der Waals surface area (Å²) in [7, 11) is 0. The van der Waals surface area contributed by atoms with Crippen LogP contribution in [0.1, 0.15) is 47.4 Å². The molecule has 2 nitrogen and oxygen atoms in total. The Morgan fingerprint density at radius 1 is 1.12 bits per heavy atom. The lowest BCUT2D eigenvalue weighted by molar-refractivity contribution is 0.370. The Kier molecular flexibility index (Phi) is 6.88. The second kappa shape index (κ2) is 9.35. The van der Waals surface area contributed by atoms with Gasteiger partial charge in [-0.15, -0.1) is 11.3 Å². The van der Waals surface area contributed by atoms with E-state index in [0.717, 1.165) is 24.6 Å². The first kappa shape index (κ1) is 18.4. The van der Waals surface area contributed by atoms with Gasteiger partial charge < -0.3 is 10.2 Å². The number of nitrogens with zero attached hydrogens (tertiary/aromatic N) is 1. The maximum atomic E-state index is 5.80. The van der Waals surface area contributed by atoms with Gasteiger partial charge in [0.15, 0.2) is 5.11 Å². The van der Waals surface area contributed by atoms with E-state index in [4.69, 9.17) is 12.2 Å². The summed E-state index contributed by atoms with van der Waals surface area (Å²) in [6.07, 6.45) is 7.56. The van der Waals surface area contributed by atoms with Crippen LogP contribution in [0.15, 0.2) is 42.5 Å². The highest BCUT2D eigenvalue weighted by Crippen LogP contribution is 2.20. The number of benzene rings is 1. The van der Waals surface area contributed by atoms with Crippen LogP contribution in [0.4, 0.5) is 0 Å². The third kappa shape index (κ3) is 5.82. The normalized spacial score (nSPS) is 15.1. The average Bonchev–Trinajstić information content (AvgIpc) is 3.05. The molecule has 25 heavy (non-hydrogen) atoms. The molecule has 0 aliphatic heterocycles. The Labute approximate surface area is 161 Å². The number of thiocarbonyl (C=S) groups is 1. The first-order valence-electron chi connectivity index (χ1n) is 9.35. The zero-order chi connectivity index (χ0) is 17.5. The molecule has 0 saturated heterocycles. The lowest BCUT2D eigenvalue weighted by Gasteiger charge is -2.30. The van der Waals surface area contributed by atoms with E-state index in [-0.39, 0.29) is 0 Å². The van der Waals surface area contributed by atoms with Gasteiger partial charge in [-0.2, -0.15) is 0 Å². The van der Waals surface area contributed by atoms with Crippen molar-refractivity contribution in [1.29, 1.82) is 0 Å². The second-order valence-corrected chi connectivity index (χ2v) is 8.71. The Bertz CT molecular complexity index is 660. The molecule has 1 aliphatic rings. The van der Waals surface area contributed by atoms with Crippen molar-refractivity contribution in [3.8, 4) is 0 Å². The molecule has 0 spiro atoms. The molecule has 3 rings (SSSR count). The minimum absolute atomic E-state index is 0.561. The average molecular weight is 373 g/mol. The first-order chi connectivity index (χ1) is 12.2. The summed E-state index contributed by atoms with van der Waals surface area (Å²) in [5.41, 5.74) is 1.37. The lowest BCUT2D eigenvalue weighted by atomic mass is 9.96. The summed E-state index contributed by atoms with van der Waals surface area (Å²) in [4.78, 5) is 5.10. The van der Waals surface area contributed by atoms with E-state index in [1.165, 1.54) is 47.4 Å². The van der Waals surface area contributed by atoms with Crippen molar-refractivity contribution in [3.63, 3.8) is 0 Å². The van der Waals surface area contributed by atoms with Crippen molar-refractivity contribution >= 4 is 28.7 Å². The van der Waals surface area contributed by atoms with Crippen LogP contribution in [0.2, 0.25) is 0 Å². The van der Waals surface area contributed by atoms with Gasteiger partial charge in [0.1, 0.15) is 0 Å². The number of nitrogens with one attached hydrogen (secondary N) is 1. The molecular weight excluding hydrogens is 344 g/mol. The molecule has 1 fully saturated rings. The number of rotatable bonds is 6. The Hall–Kier alpha value is -1.39. The zero-order valence-corrected chi connectivity index (χ0v) is 16.7. The van der Waals surface area contributed by atoms with E-state index in [0.29, 0.717) is 6.04 Å². The Morgan fingerprint density at radius 3 is 2.56 bits per heavy atom. The van der Waals surface area contributed by atoms with Gasteiger partial charge in [-0.3, -0.25) is 0 Å². The number of aryl methyl sites for hydroxylation is 1. The molecule has 0 amide bonds. The fourth-order valence-electron chi connectivity index (χ4n) is 3.43. The van der Waals surface area contributed by atoms with E-state index in [1.54, 1.807) is 0 Å². The summed E-state index contributed by atoms with van der Waals surface area (Å²) in [5, 5.41) is 4.57. The van der Waals surface area contributed by atoms with Crippen LogP contribution in [-0.2, 0) is 13.0 Å². The highest BCUT2D eigenvalue weighted by Gasteiger charge is 2.18. The van der Waals surface area contributed by atoms with Crippen LogP contribution >= 0.6 is 23.6 Å². The SMILES string of the molecule is Cc1ccc(CN(CCc2ccccc2)C(=S)NC2CCCCC2)s1. The molecule has 1 N–H and O–H groups in total. The molecule has 2 aromatic rings. The Morgan fingerprint density at radius 2 is 1.88 bits per heavy atom. The molecule has 1 aliphatic carbocycles. The molecule has 0 atom stereocenters. The molecule has 0 bridgehead atoms. The summed E-state index contributed by atoms with van der Waals surface area (Å²) in [5.74, 6) is 0. The topological polar surface area (TPSA) is 15.3 Å². The largest absolute Gasteiger partial charge is 0.360 e. The standard InChI is InChI=1S/C21H28N2S2/c1-17-12-13-20(25-17)16-23(15-14-18-8-4-2-5-9-18)21(24)22-19-10-6-3-7-11-19/h2,4-5,8-9,12-13,19H,3,6-7,10-11,14-16H2,1H3,(H,22,24). The summed E-state index contributed by atoms with van der Waals surface area (Å²) in [6.45, 7) is 4.03. The van der Waals surface area contributed by atoms with E-state index in [1.807, 2.05) is 11.3 Å². The van der Waals surface area contributed by atoms with Crippen LogP contribution in [0.5, 0.6) is 0 Å². The van der Waals surface area contributed by atoms with Crippen molar-refractivity contribution < 1.29 is 0 Å². The molecule has 1 aromatic heterocycles. The highest BCUT2D eigenvalue weighted by molar-refractivity contribution is 7.80. The van der Waals surface area contributed by atoms with Crippen molar-refractivity contribution in [2.75, 3.05) is 6.54 Å². The quantitative estimate of drug-likeness (QED) is 0.692. The van der Waals surface area contributed by atoms with Gasteiger partial charge in [-0.05, 0) is 56.1 Å². The van der Waals surface area contributed by atoms with E-state index in [9.17, 15) is 0 Å². The lowest BCUT2D eigenvalue weighted by Crippen LogP contribution is -2.45. The van der Waals surface area contributed by atoms with Crippen LogP contribution in [0.3, 0.4) is 0 Å². The molecular formula is C21H28N2S2. The minimum atomic E-state index is 0.561. The Balaban J connectivity index is 1.63. The molecule has 1 aromatic carbocycles. The summed E-state index contributed by atoms with van der Waals surface area (Å²) >= 11 is 7.67.